The van der Waals surface area contributed by atoms with Crippen LogP contribution in [-0.4, -0.2) is 49.0 Å². The molecule has 2 aliphatic rings. The Balaban J connectivity index is 1.47. The lowest BCUT2D eigenvalue weighted by Gasteiger charge is -2.21. The zero-order chi connectivity index (χ0) is 17.8. The lowest BCUT2D eigenvalue weighted by Crippen LogP contribution is -2.33. The minimum absolute atomic E-state index is 0.0339. The molecule has 4 amide bonds. The third-order valence-corrected chi connectivity index (χ3v) is 4.17. The average Bonchev–Trinajstić information content (AvgIpc) is 2.93. The average molecular weight is 347 g/mol. The van der Waals surface area contributed by atoms with E-state index in [1.54, 1.807) is 0 Å². The molecule has 0 bridgehead atoms. The number of amides is 4. The molecule has 2 aliphatic heterocycles. The maximum Gasteiger partial charge on any atom is 0.324 e. The van der Waals surface area contributed by atoms with E-state index in [1.165, 1.54) is 0 Å². The van der Waals surface area contributed by atoms with E-state index in [1.807, 2.05) is 25.1 Å². The largest absolute Gasteiger partial charge is 0.486 e. The molecule has 1 atom stereocenters. The third kappa shape index (κ3) is 4.01. The molecular formula is C17H21N3O5. The van der Waals surface area contributed by atoms with Crippen LogP contribution in [0.25, 0.3) is 0 Å². The Kier molecular flexibility index (Phi) is 5.06. The molecule has 25 heavy (non-hydrogen) atoms. The first-order valence-electron chi connectivity index (χ1n) is 8.31. The molecule has 0 radical (unpaired) electrons. The van der Waals surface area contributed by atoms with Gasteiger partial charge in [0.15, 0.2) is 11.5 Å². The van der Waals surface area contributed by atoms with Crippen molar-refractivity contribution in [2.45, 2.75) is 25.8 Å². The summed E-state index contributed by atoms with van der Waals surface area (Å²) in [5.41, 5.74) is 0.923. The SMILES string of the molecule is C[C@@H](NC(=O)CCCN1C(=O)CNC1=O)c1ccc2c(c1)OCCO2. The smallest absolute Gasteiger partial charge is 0.324 e. The number of nitrogens with zero attached hydrogens (tertiary/aromatic N) is 1. The number of benzene rings is 1. The topological polar surface area (TPSA) is 97.0 Å². The Morgan fingerprint density at radius 2 is 2.04 bits per heavy atom. The number of urea groups is 1. The molecular weight excluding hydrogens is 326 g/mol. The summed E-state index contributed by atoms with van der Waals surface area (Å²) < 4.78 is 11.0. The van der Waals surface area contributed by atoms with Gasteiger partial charge in [0.05, 0.1) is 12.6 Å². The summed E-state index contributed by atoms with van der Waals surface area (Å²) in [6, 6.07) is 5.03. The van der Waals surface area contributed by atoms with Gasteiger partial charge in [0.2, 0.25) is 11.8 Å². The highest BCUT2D eigenvalue weighted by Gasteiger charge is 2.27. The van der Waals surface area contributed by atoms with E-state index in [4.69, 9.17) is 9.47 Å². The molecule has 0 saturated carbocycles. The molecule has 0 spiro atoms. The van der Waals surface area contributed by atoms with E-state index in [2.05, 4.69) is 10.6 Å². The minimum Gasteiger partial charge on any atom is -0.486 e. The van der Waals surface area contributed by atoms with Crippen LogP contribution in [0.2, 0.25) is 0 Å². The van der Waals surface area contributed by atoms with Gasteiger partial charge in [0.1, 0.15) is 13.2 Å². The summed E-state index contributed by atoms with van der Waals surface area (Å²) in [6.07, 6.45) is 0.671. The first kappa shape index (κ1) is 17.1. The van der Waals surface area contributed by atoms with Crippen LogP contribution in [0.1, 0.15) is 31.4 Å². The Bertz CT molecular complexity index is 675. The van der Waals surface area contributed by atoms with Crippen molar-refractivity contribution in [2.75, 3.05) is 26.3 Å². The number of hydrogen-bond acceptors (Lipinski definition) is 5. The predicted octanol–water partition coefficient (Wildman–Crippen LogP) is 0.967. The Morgan fingerprint density at radius 1 is 1.28 bits per heavy atom. The summed E-state index contributed by atoms with van der Waals surface area (Å²) in [5, 5.41) is 5.36. The van der Waals surface area contributed by atoms with Crippen LogP contribution in [0.3, 0.4) is 0 Å². The fraction of sp³-hybridized carbons (Fsp3) is 0.471. The summed E-state index contributed by atoms with van der Waals surface area (Å²) in [6.45, 7) is 3.22. The lowest BCUT2D eigenvalue weighted by atomic mass is 10.1. The maximum atomic E-state index is 12.1. The van der Waals surface area contributed by atoms with Crippen LogP contribution < -0.4 is 20.1 Å². The molecule has 8 heteroatoms. The predicted molar refractivity (Wildman–Crippen MR) is 88.3 cm³/mol. The van der Waals surface area contributed by atoms with Gasteiger partial charge in [-0.2, -0.15) is 0 Å². The summed E-state index contributed by atoms with van der Waals surface area (Å²) in [5.74, 6) is 1.01. The zero-order valence-electron chi connectivity index (χ0n) is 14.0. The second kappa shape index (κ2) is 7.42. The molecule has 0 aromatic heterocycles. The van der Waals surface area contributed by atoms with E-state index in [0.717, 1.165) is 10.5 Å². The van der Waals surface area contributed by atoms with Crippen LogP contribution in [0.4, 0.5) is 4.79 Å². The van der Waals surface area contributed by atoms with Gasteiger partial charge in [-0.25, -0.2) is 4.79 Å². The summed E-state index contributed by atoms with van der Waals surface area (Å²) in [4.78, 5) is 36.1. The highest BCUT2D eigenvalue weighted by atomic mass is 16.6. The Labute approximate surface area is 145 Å². The number of hydrogen-bond donors (Lipinski definition) is 2. The van der Waals surface area contributed by atoms with Gasteiger partial charge in [-0.15, -0.1) is 0 Å². The second-order valence-corrected chi connectivity index (χ2v) is 6.00. The minimum atomic E-state index is -0.393. The van der Waals surface area contributed by atoms with Crippen molar-refractivity contribution >= 4 is 17.8 Å². The molecule has 8 nitrogen and oxygen atoms in total. The zero-order valence-corrected chi connectivity index (χ0v) is 14.0. The van der Waals surface area contributed by atoms with Crippen LogP contribution in [0, 0.1) is 0 Å². The van der Waals surface area contributed by atoms with E-state index in [-0.39, 0.29) is 37.4 Å². The highest BCUT2D eigenvalue weighted by Crippen LogP contribution is 2.32. The maximum absolute atomic E-state index is 12.1. The van der Waals surface area contributed by atoms with Crippen molar-refractivity contribution in [3.63, 3.8) is 0 Å². The lowest BCUT2D eigenvalue weighted by molar-refractivity contribution is -0.126. The van der Waals surface area contributed by atoms with Gasteiger partial charge in [-0.1, -0.05) is 6.07 Å². The molecule has 2 N–H and O–H groups in total. The number of carbonyl (C=O) groups excluding carboxylic acids is 3. The van der Waals surface area contributed by atoms with Gasteiger partial charge in [-0.05, 0) is 31.0 Å². The van der Waals surface area contributed by atoms with Crippen molar-refractivity contribution in [1.82, 2.24) is 15.5 Å². The van der Waals surface area contributed by atoms with Crippen LogP contribution in [0.15, 0.2) is 18.2 Å². The number of nitrogens with one attached hydrogen (secondary N) is 2. The highest BCUT2D eigenvalue weighted by molar-refractivity contribution is 6.01. The van der Waals surface area contributed by atoms with E-state index < -0.39 is 6.03 Å². The fourth-order valence-electron chi connectivity index (χ4n) is 2.81. The van der Waals surface area contributed by atoms with Gasteiger partial charge in [-0.3, -0.25) is 14.5 Å². The van der Waals surface area contributed by atoms with Crippen molar-refractivity contribution in [3.05, 3.63) is 23.8 Å². The number of rotatable bonds is 6. The van der Waals surface area contributed by atoms with Crippen molar-refractivity contribution in [2.24, 2.45) is 0 Å². The second-order valence-electron chi connectivity index (χ2n) is 6.00. The van der Waals surface area contributed by atoms with Crippen LogP contribution in [-0.2, 0) is 9.59 Å². The first-order valence-corrected chi connectivity index (χ1v) is 8.31. The molecule has 0 aliphatic carbocycles. The van der Waals surface area contributed by atoms with Crippen molar-refractivity contribution in [1.29, 1.82) is 0 Å². The van der Waals surface area contributed by atoms with Crippen LogP contribution in [0.5, 0.6) is 11.5 Å². The molecule has 3 rings (SSSR count). The van der Waals surface area contributed by atoms with E-state index in [9.17, 15) is 14.4 Å². The first-order chi connectivity index (χ1) is 12.0. The molecule has 134 valence electrons. The van der Waals surface area contributed by atoms with Crippen LogP contribution >= 0.6 is 0 Å². The van der Waals surface area contributed by atoms with E-state index >= 15 is 0 Å². The standard InChI is InChI=1S/C17H21N3O5/c1-11(12-4-5-13-14(9-12)25-8-7-24-13)19-15(21)3-2-6-20-16(22)10-18-17(20)23/h4-5,9,11H,2-3,6-8,10H2,1H3,(H,18,23)(H,19,21)/t11-/m1/s1. The summed E-state index contributed by atoms with van der Waals surface area (Å²) >= 11 is 0. The van der Waals surface area contributed by atoms with Gasteiger partial charge in [0, 0.05) is 13.0 Å². The fourth-order valence-corrected chi connectivity index (χ4v) is 2.81. The van der Waals surface area contributed by atoms with Crippen molar-refractivity contribution < 1.29 is 23.9 Å². The third-order valence-electron chi connectivity index (χ3n) is 4.17. The molecule has 2 heterocycles. The van der Waals surface area contributed by atoms with Gasteiger partial charge < -0.3 is 20.1 Å². The normalized spacial score (nSPS) is 17.2. The quantitative estimate of drug-likeness (QED) is 0.748. The Morgan fingerprint density at radius 3 is 2.76 bits per heavy atom. The number of ether oxygens (including phenoxy) is 2. The van der Waals surface area contributed by atoms with Gasteiger partial charge in [0.25, 0.3) is 0 Å². The molecule has 1 aromatic carbocycles. The summed E-state index contributed by atoms with van der Waals surface area (Å²) in [7, 11) is 0. The molecule has 1 saturated heterocycles. The molecule has 1 fully saturated rings. The Hall–Kier alpha value is -2.77. The van der Waals surface area contributed by atoms with Crippen molar-refractivity contribution in [3.8, 4) is 11.5 Å². The monoisotopic (exact) mass is 347 g/mol. The molecule has 0 unspecified atom stereocenters. The van der Waals surface area contributed by atoms with E-state index in [0.29, 0.717) is 31.1 Å². The molecule has 1 aromatic rings. The number of imide groups is 1. The number of carbonyl (C=O) groups is 3. The number of fused-ring (bicyclic) bond motifs is 1. The van der Waals surface area contributed by atoms with Gasteiger partial charge >= 0.3 is 6.03 Å².